The van der Waals surface area contributed by atoms with Crippen LogP contribution in [0.5, 0.6) is 11.5 Å². The molecular formula is C13H11BrN5O5-. The maximum Gasteiger partial charge on any atom is 0.293 e. The lowest BCUT2D eigenvalue weighted by Gasteiger charge is -2.14. The number of amides is 1. The number of hydrazone groups is 1. The Balaban J connectivity index is 2.22. The van der Waals surface area contributed by atoms with E-state index in [-0.39, 0.29) is 22.7 Å². The van der Waals surface area contributed by atoms with Crippen molar-refractivity contribution in [3.8, 4) is 11.5 Å². The number of carbonyl (C=O) groups is 1. The van der Waals surface area contributed by atoms with Gasteiger partial charge in [0.1, 0.15) is 5.75 Å². The molecule has 0 fully saturated rings. The molecule has 0 unspecified atom stereocenters. The molecule has 0 aliphatic carbocycles. The highest BCUT2D eigenvalue weighted by Gasteiger charge is 2.14. The fraction of sp³-hybridized carbons (Fsp3) is 0.154. The third-order valence-corrected chi connectivity index (χ3v) is 3.45. The Kier molecular flexibility index (Phi) is 5.14. The molecule has 1 aromatic carbocycles. The molecule has 0 radical (unpaired) electrons. The van der Waals surface area contributed by atoms with Crippen LogP contribution in [0.25, 0.3) is 0 Å². The molecule has 0 aliphatic rings. The van der Waals surface area contributed by atoms with E-state index in [9.17, 15) is 20.0 Å². The van der Waals surface area contributed by atoms with Crippen molar-refractivity contribution in [2.45, 2.75) is 0 Å². The van der Waals surface area contributed by atoms with Crippen LogP contribution in [0.1, 0.15) is 16.1 Å². The number of nitro benzene ring substituents is 1. The summed E-state index contributed by atoms with van der Waals surface area (Å²) < 4.78 is 6.71. The zero-order valence-corrected chi connectivity index (χ0v) is 14.1. The summed E-state index contributed by atoms with van der Waals surface area (Å²) in [6.07, 6.45) is 2.59. The number of hydrogen-bond acceptors (Lipinski definition) is 7. The molecule has 1 amide bonds. The van der Waals surface area contributed by atoms with Gasteiger partial charge in [-0.3, -0.25) is 19.6 Å². The number of nitro groups is 1. The SMILES string of the molecule is COc1cc([N+](=O)[O-])cc(/C=N\NC(=O)c2nn(C)cc2Br)c1[O-]. The van der Waals surface area contributed by atoms with Gasteiger partial charge < -0.3 is 9.84 Å². The molecule has 0 saturated carbocycles. The summed E-state index contributed by atoms with van der Waals surface area (Å²) >= 11 is 3.17. The molecule has 1 aromatic heterocycles. The van der Waals surface area contributed by atoms with Gasteiger partial charge in [-0.05, 0) is 21.5 Å². The lowest BCUT2D eigenvalue weighted by molar-refractivity contribution is -0.385. The number of benzene rings is 1. The van der Waals surface area contributed by atoms with Crippen molar-refractivity contribution in [3.05, 3.63) is 44.2 Å². The topological polar surface area (TPSA) is 135 Å². The fourth-order valence-corrected chi connectivity index (χ4v) is 2.34. The molecular weight excluding hydrogens is 386 g/mol. The van der Waals surface area contributed by atoms with Gasteiger partial charge in [0.15, 0.2) is 5.69 Å². The van der Waals surface area contributed by atoms with E-state index in [0.717, 1.165) is 18.3 Å². The average Bonchev–Trinajstić information content (AvgIpc) is 2.87. The molecule has 1 N–H and O–H groups in total. The second kappa shape index (κ2) is 7.08. The molecule has 1 heterocycles. The smallest absolute Gasteiger partial charge is 0.293 e. The monoisotopic (exact) mass is 396 g/mol. The number of halogens is 1. The highest BCUT2D eigenvalue weighted by molar-refractivity contribution is 9.10. The van der Waals surface area contributed by atoms with Crippen molar-refractivity contribution in [3.63, 3.8) is 0 Å². The van der Waals surface area contributed by atoms with Crippen molar-refractivity contribution >= 4 is 33.7 Å². The van der Waals surface area contributed by atoms with Gasteiger partial charge in [-0.1, -0.05) is 5.75 Å². The van der Waals surface area contributed by atoms with Crippen molar-refractivity contribution < 1.29 is 19.6 Å². The first kappa shape index (κ1) is 17.4. The van der Waals surface area contributed by atoms with Crippen LogP contribution in [0.4, 0.5) is 5.69 Å². The predicted molar refractivity (Wildman–Crippen MR) is 85.1 cm³/mol. The van der Waals surface area contributed by atoms with Crippen LogP contribution in [0.2, 0.25) is 0 Å². The van der Waals surface area contributed by atoms with Crippen LogP contribution in [0.3, 0.4) is 0 Å². The van der Waals surface area contributed by atoms with Gasteiger partial charge in [0, 0.05) is 19.3 Å². The molecule has 126 valence electrons. The quantitative estimate of drug-likeness (QED) is 0.453. The lowest BCUT2D eigenvalue weighted by Crippen LogP contribution is -2.19. The minimum atomic E-state index is -0.664. The fourth-order valence-electron chi connectivity index (χ4n) is 1.79. The largest absolute Gasteiger partial charge is 0.870 e. The number of nitrogens with zero attached hydrogens (tertiary/aromatic N) is 4. The Hall–Kier alpha value is -2.95. The Morgan fingerprint density at radius 2 is 2.25 bits per heavy atom. The van der Waals surface area contributed by atoms with Gasteiger partial charge in [-0.25, -0.2) is 5.43 Å². The molecule has 0 saturated heterocycles. The maximum atomic E-state index is 12.0. The van der Waals surface area contributed by atoms with E-state index in [0.29, 0.717) is 4.47 Å². The summed E-state index contributed by atoms with van der Waals surface area (Å²) in [6.45, 7) is 0. The van der Waals surface area contributed by atoms with Gasteiger partial charge >= 0.3 is 0 Å². The molecule has 0 spiro atoms. The molecule has 0 aliphatic heterocycles. The average molecular weight is 397 g/mol. The molecule has 2 rings (SSSR count). The zero-order chi connectivity index (χ0) is 17.9. The second-order valence-corrected chi connectivity index (χ2v) is 5.38. The number of rotatable bonds is 5. The van der Waals surface area contributed by atoms with E-state index >= 15 is 0 Å². The summed E-state index contributed by atoms with van der Waals surface area (Å²) in [5, 5.41) is 30.4. The summed E-state index contributed by atoms with van der Waals surface area (Å²) in [6, 6.07) is 2.06. The number of non-ortho nitro benzene ring substituents is 1. The predicted octanol–water partition coefficient (Wildman–Crippen LogP) is 0.937. The number of ether oxygens (including phenoxy) is 1. The number of aryl methyl sites for hydroxylation is 1. The Labute approximate surface area is 144 Å². The van der Waals surface area contributed by atoms with E-state index in [1.54, 1.807) is 13.2 Å². The van der Waals surface area contributed by atoms with Crippen LogP contribution in [0, 0.1) is 10.1 Å². The van der Waals surface area contributed by atoms with Crippen molar-refractivity contribution in [1.29, 1.82) is 0 Å². The second-order valence-electron chi connectivity index (χ2n) is 4.52. The van der Waals surface area contributed by atoms with E-state index < -0.39 is 16.6 Å². The Bertz CT molecular complexity index is 832. The first-order chi connectivity index (χ1) is 11.3. The standard InChI is InChI=1S/C13H12BrN5O5/c1-18-6-9(14)11(17-18)13(21)16-15-5-7-3-8(19(22)23)4-10(24-2)12(7)20/h3-6,20H,1-2H3,(H,16,21)/p-1/b15-5-. The summed E-state index contributed by atoms with van der Waals surface area (Å²) in [4.78, 5) is 22.1. The van der Waals surface area contributed by atoms with Crippen LogP contribution < -0.4 is 15.3 Å². The first-order valence-corrected chi connectivity index (χ1v) is 7.18. The highest BCUT2D eigenvalue weighted by atomic mass is 79.9. The van der Waals surface area contributed by atoms with Crippen molar-refractivity contribution in [2.75, 3.05) is 7.11 Å². The molecule has 10 nitrogen and oxygen atoms in total. The van der Waals surface area contributed by atoms with Crippen molar-refractivity contribution in [1.82, 2.24) is 15.2 Å². The lowest BCUT2D eigenvalue weighted by atomic mass is 10.2. The minimum absolute atomic E-state index is 0.0959. The number of carbonyl (C=O) groups excluding carboxylic acids is 1. The summed E-state index contributed by atoms with van der Waals surface area (Å²) in [7, 11) is 2.87. The highest BCUT2D eigenvalue weighted by Crippen LogP contribution is 2.31. The molecule has 2 aromatic rings. The van der Waals surface area contributed by atoms with Crippen LogP contribution in [0.15, 0.2) is 27.9 Å². The van der Waals surface area contributed by atoms with E-state index in [4.69, 9.17) is 4.74 Å². The van der Waals surface area contributed by atoms with Gasteiger partial charge in [-0.2, -0.15) is 10.2 Å². The minimum Gasteiger partial charge on any atom is -0.870 e. The number of methoxy groups -OCH3 is 1. The third kappa shape index (κ3) is 3.68. The van der Waals surface area contributed by atoms with Gasteiger partial charge in [0.2, 0.25) is 0 Å². The first-order valence-electron chi connectivity index (χ1n) is 6.39. The Morgan fingerprint density at radius 3 is 2.79 bits per heavy atom. The normalized spacial score (nSPS) is 10.8. The van der Waals surface area contributed by atoms with Gasteiger partial charge in [0.25, 0.3) is 11.6 Å². The summed E-state index contributed by atoms with van der Waals surface area (Å²) in [5.74, 6) is -1.38. The van der Waals surface area contributed by atoms with Crippen LogP contribution in [-0.2, 0) is 7.05 Å². The Morgan fingerprint density at radius 1 is 1.54 bits per heavy atom. The number of nitrogens with one attached hydrogen (secondary N) is 1. The van der Waals surface area contributed by atoms with E-state index in [1.165, 1.54) is 11.8 Å². The molecule has 0 atom stereocenters. The van der Waals surface area contributed by atoms with Gasteiger partial charge in [-0.15, -0.1) is 0 Å². The van der Waals surface area contributed by atoms with Gasteiger partial charge in [0.05, 0.1) is 28.8 Å². The summed E-state index contributed by atoms with van der Waals surface area (Å²) in [5.41, 5.74) is 1.87. The molecule has 0 bridgehead atoms. The third-order valence-electron chi connectivity index (χ3n) is 2.87. The van der Waals surface area contributed by atoms with E-state index in [2.05, 4.69) is 31.6 Å². The van der Waals surface area contributed by atoms with E-state index in [1.807, 2.05) is 0 Å². The molecule has 24 heavy (non-hydrogen) atoms. The molecule has 11 heteroatoms. The number of hydrogen-bond donors (Lipinski definition) is 1. The van der Waals surface area contributed by atoms with Crippen molar-refractivity contribution in [2.24, 2.45) is 12.1 Å². The zero-order valence-electron chi connectivity index (χ0n) is 12.5. The van der Waals surface area contributed by atoms with Crippen LogP contribution in [-0.4, -0.2) is 33.9 Å². The number of aromatic nitrogens is 2. The maximum absolute atomic E-state index is 12.0. The van der Waals surface area contributed by atoms with Crippen LogP contribution >= 0.6 is 15.9 Å².